The Balaban J connectivity index is 2.59. The molecule has 120 valence electrons. The molecule has 1 rings (SSSR count). The van der Waals surface area contributed by atoms with E-state index in [2.05, 4.69) is 0 Å². The molecule has 0 aliphatic rings. The number of nitrogens with zero attached hydrogens (tertiary/aromatic N) is 1. The number of benzene rings is 1. The van der Waals surface area contributed by atoms with Gasteiger partial charge in [-0.15, -0.1) is 0 Å². The molecular weight excluding hydrogens is 286 g/mol. The first kappa shape index (κ1) is 18.1. The third-order valence-electron chi connectivity index (χ3n) is 3.75. The molecule has 1 atom stereocenters. The van der Waals surface area contributed by atoms with Crippen molar-refractivity contribution in [1.82, 2.24) is 4.90 Å². The molecule has 0 heterocycles. The van der Waals surface area contributed by atoms with E-state index in [-0.39, 0.29) is 11.0 Å². The Hall–Kier alpha value is -0.910. The van der Waals surface area contributed by atoms with Crippen LogP contribution < -0.4 is 0 Å². The molecule has 1 aromatic rings. The molecule has 21 heavy (non-hydrogen) atoms. The summed E-state index contributed by atoms with van der Waals surface area (Å²) in [6, 6.07) is 7.77. The SMILES string of the molecule is CCN(CCS(=O)(=O)C(C)C)CC(O)c1ccc(C)cc1. The Morgan fingerprint density at radius 1 is 1.19 bits per heavy atom. The minimum atomic E-state index is -3.03. The van der Waals surface area contributed by atoms with Crippen molar-refractivity contribution in [2.75, 3.05) is 25.4 Å². The lowest BCUT2D eigenvalue weighted by Gasteiger charge is -2.24. The van der Waals surface area contributed by atoms with Gasteiger partial charge in [-0.1, -0.05) is 36.8 Å². The van der Waals surface area contributed by atoms with Crippen LogP contribution in [0.4, 0.5) is 0 Å². The predicted molar refractivity (Wildman–Crippen MR) is 87.2 cm³/mol. The van der Waals surface area contributed by atoms with Crippen LogP contribution in [-0.4, -0.2) is 49.1 Å². The molecule has 0 spiro atoms. The normalized spacial score (nSPS) is 13.9. The summed E-state index contributed by atoms with van der Waals surface area (Å²) in [4.78, 5) is 1.98. The molecule has 0 fully saturated rings. The van der Waals surface area contributed by atoms with Crippen LogP contribution in [-0.2, 0) is 9.84 Å². The minimum absolute atomic E-state index is 0.138. The molecule has 0 saturated heterocycles. The van der Waals surface area contributed by atoms with Gasteiger partial charge in [0.05, 0.1) is 17.1 Å². The van der Waals surface area contributed by atoms with Crippen molar-refractivity contribution in [2.24, 2.45) is 0 Å². The van der Waals surface area contributed by atoms with Crippen molar-refractivity contribution in [3.05, 3.63) is 35.4 Å². The van der Waals surface area contributed by atoms with Gasteiger partial charge in [-0.05, 0) is 32.9 Å². The average Bonchev–Trinajstić information content (AvgIpc) is 2.43. The van der Waals surface area contributed by atoms with E-state index in [1.54, 1.807) is 13.8 Å². The van der Waals surface area contributed by atoms with Gasteiger partial charge >= 0.3 is 0 Å². The number of sulfone groups is 1. The van der Waals surface area contributed by atoms with Crippen LogP contribution in [0.5, 0.6) is 0 Å². The molecule has 1 aromatic carbocycles. The van der Waals surface area contributed by atoms with Crippen molar-refractivity contribution in [3.8, 4) is 0 Å². The molecule has 0 aromatic heterocycles. The van der Waals surface area contributed by atoms with E-state index in [4.69, 9.17) is 0 Å². The van der Waals surface area contributed by atoms with Gasteiger partial charge in [0.15, 0.2) is 9.84 Å². The van der Waals surface area contributed by atoms with Gasteiger partial charge in [0, 0.05) is 13.1 Å². The Kier molecular flexibility index (Phi) is 6.84. The van der Waals surface area contributed by atoms with E-state index in [9.17, 15) is 13.5 Å². The lowest BCUT2D eigenvalue weighted by Crippen LogP contribution is -2.34. The van der Waals surface area contributed by atoms with Gasteiger partial charge in [-0.2, -0.15) is 0 Å². The van der Waals surface area contributed by atoms with Crippen LogP contribution in [0, 0.1) is 6.92 Å². The molecule has 0 aliphatic carbocycles. The second kappa shape index (κ2) is 7.92. The maximum absolute atomic E-state index is 11.9. The third kappa shape index (κ3) is 5.77. The van der Waals surface area contributed by atoms with E-state index < -0.39 is 15.9 Å². The van der Waals surface area contributed by atoms with Crippen LogP contribution in [0.2, 0.25) is 0 Å². The highest BCUT2D eigenvalue weighted by molar-refractivity contribution is 7.92. The fraction of sp³-hybridized carbons (Fsp3) is 0.625. The molecule has 4 nitrogen and oxygen atoms in total. The highest BCUT2D eigenvalue weighted by Crippen LogP contribution is 2.15. The Bertz CT molecular complexity index is 523. The molecule has 5 heteroatoms. The molecule has 0 saturated carbocycles. The Morgan fingerprint density at radius 2 is 1.76 bits per heavy atom. The first-order valence-electron chi connectivity index (χ1n) is 7.44. The number of hydrogen-bond donors (Lipinski definition) is 1. The number of likely N-dealkylation sites (N-methyl/N-ethyl adjacent to an activating group) is 1. The van der Waals surface area contributed by atoms with Gasteiger partial charge < -0.3 is 5.11 Å². The number of hydrogen-bond acceptors (Lipinski definition) is 4. The number of aliphatic hydroxyl groups is 1. The van der Waals surface area contributed by atoms with Gasteiger partial charge in [0.1, 0.15) is 0 Å². The van der Waals surface area contributed by atoms with E-state index in [0.29, 0.717) is 13.1 Å². The number of aliphatic hydroxyl groups excluding tert-OH is 1. The van der Waals surface area contributed by atoms with E-state index in [1.807, 2.05) is 43.0 Å². The maximum atomic E-state index is 11.9. The molecule has 1 N–H and O–H groups in total. The Morgan fingerprint density at radius 3 is 2.24 bits per heavy atom. The summed E-state index contributed by atoms with van der Waals surface area (Å²) in [7, 11) is -3.03. The summed E-state index contributed by atoms with van der Waals surface area (Å²) in [5, 5.41) is 9.91. The zero-order chi connectivity index (χ0) is 16.0. The summed E-state index contributed by atoms with van der Waals surface area (Å²) < 4.78 is 23.7. The van der Waals surface area contributed by atoms with Crippen LogP contribution in [0.3, 0.4) is 0 Å². The topological polar surface area (TPSA) is 57.6 Å². The molecule has 0 amide bonds. The van der Waals surface area contributed by atoms with E-state index in [0.717, 1.165) is 17.7 Å². The quantitative estimate of drug-likeness (QED) is 0.799. The van der Waals surface area contributed by atoms with Crippen LogP contribution >= 0.6 is 0 Å². The summed E-state index contributed by atoms with van der Waals surface area (Å²) in [5.41, 5.74) is 2.02. The first-order chi connectivity index (χ1) is 9.76. The summed E-state index contributed by atoms with van der Waals surface area (Å²) in [6.45, 7) is 9.01. The fourth-order valence-corrected chi connectivity index (χ4v) is 2.99. The highest BCUT2D eigenvalue weighted by Gasteiger charge is 2.19. The van der Waals surface area contributed by atoms with Crippen LogP contribution in [0.25, 0.3) is 0 Å². The average molecular weight is 313 g/mol. The predicted octanol–water partition coefficient (Wildman–Crippen LogP) is 2.17. The maximum Gasteiger partial charge on any atom is 0.153 e. The van der Waals surface area contributed by atoms with E-state index >= 15 is 0 Å². The largest absolute Gasteiger partial charge is 0.387 e. The zero-order valence-electron chi connectivity index (χ0n) is 13.4. The van der Waals surface area contributed by atoms with Gasteiger partial charge in [-0.3, -0.25) is 4.90 Å². The van der Waals surface area contributed by atoms with E-state index in [1.165, 1.54) is 0 Å². The fourth-order valence-electron chi connectivity index (χ4n) is 2.01. The smallest absolute Gasteiger partial charge is 0.153 e. The molecule has 0 aliphatic heterocycles. The second-order valence-corrected chi connectivity index (χ2v) is 8.41. The van der Waals surface area contributed by atoms with Gasteiger partial charge in [0.2, 0.25) is 0 Å². The summed E-state index contributed by atoms with van der Waals surface area (Å²) >= 11 is 0. The van der Waals surface area contributed by atoms with Crippen molar-refractivity contribution in [2.45, 2.75) is 39.0 Å². The van der Waals surface area contributed by atoms with Gasteiger partial charge in [0.25, 0.3) is 0 Å². The lowest BCUT2D eigenvalue weighted by atomic mass is 10.1. The third-order valence-corrected chi connectivity index (χ3v) is 5.94. The molecule has 0 bridgehead atoms. The number of rotatable bonds is 8. The van der Waals surface area contributed by atoms with Crippen molar-refractivity contribution < 1.29 is 13.5 Å². The minimum Gasteiger partial charge on any atom is -0.387 e. The van der Waals surface area contributed by atoms with Crippen molar-refractivity contribution >= 4 is 9.84 Å². The van der Waals surface area contributed by atoms with Crippen LogP contribution in [0.1, 0.15) is 38.0 Å². The lowest BCUT2D eigenvalue weighted by molar-refractivity contribution is 0.119. The first-order valence-corrected chi connectivity index (χ1v) is 9.16. The molecule has 0 radical (unpaired) electrons. The zero-order valence-corrected chi connectivity index (χ0v) is 14.2. The number of aryl methyl sites for hydroxylation is 1. The van der Waals surface area contributed by atoms with Crippen molar-refractivity contribution in [1.29, 1.82) is 0 Å². The molecular formula is C16H27NO3S. The van der Waals surface area contributed by atoms with Gasteiger partial charge in [-0.25, -0.2) is 8.42 Å². The van der Waals surface area contributed by atoms with Crippen LogP contribution in [0.15, 0.2) is 24.3 Å². The highest BCUT2D eigenvalue weighted by atomic mass is 32.2. The summed E-state index contributed by atoms with van der Waals surface area (Å²) in [6.07, 6.45) is -0.590. The monoisotopic (exact) mass is 313 g/mol. The standard InChI is InChI=1S/C16H27NO3S/c1-5-17(10-11-21(19,20)13(2)3)12-16(18)15-8-6-14(4)7-9-15/h6-9,13,16,18H,5,10-12H2,1-4H3. The Labute approximate surface area is 128 Å². The second-order valence-electron chi connectivity index (χ2n) is 5.74. The summed E-state index contributed by atoms with van der Waals surface area (Å²) in [5.74, 6) is 0.138. The van der Waals surface area contributed by atoms with Crippen molar-refractivity contribution in [3.63, 3.8) is 0 Å². The molecule has 1 unspecified atom stereocenters.